The van der Waals surface area contributed by atoms with Crippen molar-refractivity contribution in [3.8, 4) is 10.4 Å². The van der Waals surface area contributed by atoms with Crippen molar-refractivity contribution in [2.75, 3.05) is 11.9 Å². The predicted molar refractivity (Wildman–Crippen MR) is 175 cm³/mol. The standard InChI is InChI=1S/C22H25N5OS2.C9H18O2/c1-6-14(11-24-13(4)5)15-9-16(18-12-25-19(7-2)29-18)20-17(10-15)26-22(30-20)27-21(28)23-8-3;1-4-6-9(3,7-5-2)8(10)11/h6,9-12H,1,7-8H2,2-5H3,(H2,23,26,27,28);4-7H2,1-3H3,(H,10,11)/b14-11+;. The monoisotopic (exact) mass is 597 g/mol. The number of amides is 2. The summed E-state index contributed by atoms with van der Waals surface area (Å²) in [6, 6.07) is 3.87. The lowest BCUT2D eigenvalue weighted by Crippen LogP contribution is -2.28. The van der Waals surface area contributed by atoms with E-state index in [4.69, 9.17) is 5.11 Å². The maximum atomic E-state index is 12.0. The molecule has 3 aromatic rings. The minimum absolute atomic E-state index is 0.260. The predicted octanol–water partition coefficient (Wildman–Crippen LogP) is 8.81. The highest BCUT2D eigenvalue weighted by Gasteiger charge is 2.30. The highest BCUT2D eigenvalue weighted by Crippen LogP contribution is 2.40. The minimum atomic E-state index is -0.652. The normalized spacial score (nSPS) is 11.4. The summed E-state index contributed by atoms with van der Waals surface area (Å²) in [5.41, 5.74) is 4.22. The average molecular weight is 598 g/mol. The van der Waals surface area contributed by atoms with Gasteiger partial charge in [-0.05, 0) is 70.2 Å². The second-order valence-electron chi connectivity index (χ2n) is 10.1. The van der Waals surface area contributed by atoms with Crippen molar-refractivity contribution in [1.29, 1.82) is 0 Å². The maximum absolute atomic E-state index is 12.0. The summed E-state index contributed by atoms with van der Waals surface area (Å²) in [7, 11) is 0. The van der Waals surface area contributed by atoms with E-state index in [0.717, 1.165) is 74.6 Å². The minimum Gasteiger partial charge on any atom is -0.481 e. The molecular formula is C31H43N5O3S2. The molecule has 0 spiro atoms. The molecule has 2 aromatic heterocycles. The van der Waals surface area contributed by atoms with Crippen molar-refractivity contribution >= 4 is 61.3 Å². The van der Waals surface area contributed by atoms with Crippen molar-refractivity contribution in [2.45, 2.75) is 80.6 Å². The fourth-order valence-corrected chi connectivity index (χ4v) is 6.14. The number of hydrogen-bond acceptors (Lipinski definition) is 7. The van der Waals surface area contributed by atoms with E-state index < -0.39 is 11.4 Å². The van der Waals surface area contributed by atoms with Crippen LogP contribution < -0.4 is 10.6 Å². The zero-order valence-corrected chi connectivity index (χ0v) is 26.9. The van der Waals surface area contributed by atoms with Crippen LogP contribution in [-0.4, -0.2) is 39.3 Å². The van der Waals surface area contributed by atoms with Crippen LogP contribution in [0.4, 0.5) is 9.93 Å². The molecule has 0 bridgehead atoms. The largest absolute Gasteiger partial charge is 0.481 e. The molecule has 0 fully saturated rings. The van der Waals surface area contributed by atoms with E-state index in [9.17, 15) is 9.59 Å². The van der Waals surface area contributed by atoms with Gasteiger partial charge in [0, 0.05) is 30.2 Å². The number of aliphatic carboxylic acids is 1. The maximum Gasteiger partial charge on any atom is 0.321 e. The number of carbonyl (C=O) groups is 2. The van der Waals surface area contributed by atoms with Gasteiger partial charge in [0.25, 0.3) is 0 Å². The van der Waals surface area contributed by atoms with Crippen LogP contribution in [0.15, 0.2) is 42.2 Å². The molecule has 1 aromatic carbocycles. The number of urea groups is 1. The van der Waals surface area contributed by atoms with Crippen molar-refractivity contribution < 1.29 is 14.7 Å². The Kier molecular flexibility index (Phi) is 13.3. The van der Waals surface area contributed by atoms with Crippen LogP contribution in [0.5, 0.6) is 0 Å². The van der Waals surface area contributed by atoms with Gasteiger partial charge in [0.2, 0.25) is 0 Å². The van der Waals surface area contributed by atoms with Gasteiger partial charge >= 0.3 is 12.0 Å². The number of rotatable bonds is 12. The number of hydrogen-bond donors (Lipinski definition) is 3. The molecule has 2 heterocycles. The van der Waals surface area contributed by atoms with Crippen molar-refractivity contribution in [2.24, 2.45) is 10.4 Å². The molecule has 3 N–H and O–H groups in total. The summed E-state index contributed by atoms with van der Waals surface area (Å²) in [5.74, 6) is -0.652. The van der Waals surface area contributed by atoms with Gasteiger partial charge < -0.3 is 10.4 Å². The number of aryl methyl sites for hydroxylation is 1. The van der Waals surface area contributed by atoms with Crippen LogP contribution in [-0.2, 0) is 11.2 Å². The Morgan fingerprint density at radius 1 is 1.12 bits per heavy atom. The molecule has 41 heavy (non-hydrogen) atoms. The molecule has 0 saturated carbocycles. The highest BCUT2D eigenvalue weighted by molar-refractivity contribution is 7.23. The number of carboxylic acids is 1. The quantitative estimate of drug-likeness (QED) is 0.142. The number of carbonyl (C=O) groups excluding carboxylic acids is 1. The molecule has 0 aliphatic rings. The summed E-state index contributed by atoms with van der Waals surface area (Å²) in [6.07, 6.45) is 9.88. The second-order valence-corrected chi connectivity index (χ2v) is 12.2. The molecule has 222 valence electrons. The fraction of sp³-hybridized carbons (Fsp3) is 0.452. The summed E-state index contributed by atoms with van der Waals surface area (Å²) < 4.78 is 1.01. The Hall–Kier alpha value is -3.37. The summed E-state index contributed by atoms with van der Waals surface area (Å²) >= 11 is 3.13. The third-order valence-corrected chi connectivity index (χ3v) is 8.50. The van der Waals surface area contributed by atoms with Gasteiger partial charge in [-0.1, -0.05) is 57.6 Å². The summed E-state index contributed by atoms with van der Waals surface area (Å²) in [6.45, 7) is 18.3. The molecule has 8 nitrogen and oxygen atoms in total. The van der Waals surface area contributed by atoms with Gasteiger partial charge in [0.05, 0.1) is 25.5 Å². The zero-order chi connectivity index (χ0) is 30.6. The smallest absolute Gasteiger partial charge is 0.321 e. The molecule has 0 unspecified atom stereocenters. The van der Waals surface area contributed by atoms with Gasteiger partial charge in [-0.25, -0.2) is 14.8 Å². The van der Waals surface area contributed by atoms with Crippen LogP contribution >= 0.6 is 22.7 Å². The Bertz CT molecular complexity index is 1390. The number of nitrogens with one attached hydrogen (secondary N) is 2. The lowest BCUT2D eigenvalue weighted by Gasteiger charge is -2.23. The molecule has 3 rings (SSSR count). The van der Waals surface area contributed by atoms with Crippen molar-refractivity contribution in [3.63, 3.8) is 0 Å². The Balaban J connectivity index is 0.000000454. The first-order chi connectivity index (χ1) is 19.5. The number of aromatic nitrogens is 2. The van der Waals surface area contributed by atoms with E-state index in [-0.39, 0.29) is 6.03 Å². The zero-order valence-electron chi connectivity index (χ0n) is 25.3. The van der Waals surface area contributed by atoms with E-state index in [1.54, 1.807) is 17.4 Å². The third-order valence-electron chi connectivity index (χ3n) is 6.30. The number of allylic oxidation sites excluding steroid dienone is 2. The van der Waals surface area contributed by atoms with Gasteiger partial charge in [-0.2, -0.15) is 0 Å². The van der Waals surface area contributed by atoms with Crippen LogP contribution in [0.3, 0.4) is 0 Å². The first-order valence-electron chi connectivity index (χ1n) is 14.0. The Morgan fingerprint density at radius 2 is 1.80 bits per heavy atom. The van der Waals surface area contributed by atoms with E-state index in [1.807, 2.05) is 60.0 Å². The highest BCUT2D eigenvalue weighted by atomic mass is 32.1. The first kappa shape index (κ1) is 33.8. The third kappa shape index (κ3) is 9.60. The SMILES string of the molecule is C=C/C(=C\N=C(C)C)c1cc(-c2cnc(CC)s2)c2sc(NC(=O)NCC)nc2c1.CCCC(C)(CCC)C(=O)O. The van der Waals surface area contributed by atoms with E-state index in [1.165, 1.54) is 11.3 Å². The Morgan fingerprint density at radius 3 is 2.32 bits per heavy atom. The van der Waals surface area contributed by atoms with E-state index in [0.29, 0.717) is 11.7 Å². The summed E-state index contributed by atoms with van der Waals surface area (Å²) in [4.78, 5) is 37.4. The second kappa shape index (κ2) is 16.2. The molecular weight excluding hydrogens is 555 g/mol. The van der Waals surface area contributed by atoms with Gasteiger partial charge in [0.15, 0.2) is 5.13 Å². The van der Waals surface area contributed by atoms with Crippen molar-refractivity contribution in [3.05, 3.63) is 47.8 Å². The molecule has 0 atom stereocenters. The molecule has 0 saturated heterocycles. The lowest BCUT2D eigenvalue weighted by atomic mass is 9.81. The van der Waals surface area contributed by atoms with Crippen LogP contribution in [0, 0.1) is 5.41 Å². The molecule has 0 aliphatic heterocycles. The molecule has 2 amide bonds. The average Bonchev–Trinajstić information content (AvgIpc) is 3.56. The lowest BCUT2D eigenvalue weighted by molar-refractivity contribution is -0.148. The van der Waals surface area contributed by atoms with Gasteiger partial charge in [-0.3, -0.25) is 15.1 Å². The number of fused-ring (bicyclic) bond motifs is 1. The number of aliphatic imine (C=N–C) groups is 1. The van der Waals surface area contributed by atoms with E-state index >= 15 is 0 Å². The number of thiazole rings is 2. The molecule has 10 heteroatoms. The number of nitrogens with zero attached hydrogens (tertiary/aromatic N) is 3. The van der Waals surface area contributed by atoms with Gasteiger partial charge in [0.1, 0.15) is 0 Å². The summed E-state index contributed by atoms with van der Waals surface area (Å²) in [5, 5.41) is 16.1. The topological polar surface area (TPSA) is 117 Å². The van der Waals surface area contributed by atoms with E-state index in [2.05, 4.69) is 45.2 Å². The molecule has 0 radical (unpaired) electrons. The molecule has 0 aliphatic carbocycles. The number of carboxylic acid groups (broad SMARTS) is 1. The first-order valence-corrected chi connectivity index (χ1v) is 15.7. The van der Waals surface area contributed by atoms with Crippen LogP contribution in [0.25, 0.3) is 26.2 Å². The van der Waals surface area contributed by atoms with Crippen LogP contribution in [0.2, 0.25) is 0 Å². The van der Waals surface area contributed by atoms with Crippen molar-refractivity contribution in [1.82, 2.24) is 15.3 Å². The number of benzene rings is 1. The van der Waals surface area contributed by atoms with Gasteiger partial charge in [-0.15, -0.1) is 11.3 Å². The Labute approximate surface area is 251 Å². The van der Waals surface area contributed by atoms with Crippen LogP contribution in [0.1, 0.15) is 84.7 Å². The number of anilines is 1. The fourth-order valence-electron chi connectivity index (χ4n) is 4.22.